The summed E-state index contributed by atoms with van der Waals surface area (Å²) in [6, 6.07) is 3.93. The Morgan fingerprint density at radius 1 is 1.65 bits per heavy atom. The van der Waals surface area contributed by atoms with Crippen LogP contribution in [0.2, 0.25) is 0 Å². The van der Waals surface area contributed by atoms with Crippen LogP contribution in [0.4, 0.5) is 0 Å². The normalized spacial score (nSPS) is 12.6. The van der Waals surface area contributed by atoms with Crippen LogP contribution in [0.1, 0.15) is 18.2 Å². The molecule has 1 unspecified atom stereocenters. The van der Waals surface area contributed by atoms with Gasteiger partial charge in [-0.25, -0.2) is 4.98 Å². The molecule has 2 N–H and O–H groups in total. The number of hydrogen-bond acceptors (Lipinski definition) is 3. The minimum absolute atomic E-state index is 0.324. The molecule has 5 heteroatoms. The maximum absolute atomic E-state index is 11.2. The minimum atomic E-state index is -0.992. The zero-order valence-corrected chi connectivity index (χ0v) is 9.84. The van der Waals surface area contributed by atoms with E-state index in [1.165, 1.54) is 6.92 Å². The van der Waals surface area contributed by atoms with Crippen molar-refractivity contribution < 1.29 is 9.90 Å². The summed E-state index contributed by atoms with van der Waals surface area (Å²) in [7, 11) is 0. The van der Waals surface area contributed by atoms with Gasteiger partial charge in [-0.15, -0.1) is 0 Å². The van der Waals surface area contributed by atoms with E-state index >= 15 is 0 Å². The third kappa shape index (κ3) is 2.45. The summed E-state index contributed by atoms with van der Waals surface area (Å²) in [4.78, 5) is 15.6. The first-order chi connectivity index (χ1) is 8.08. The van der Waals surface area contributed by atoms with E-state index in [0.29, 0.717) is 6.54 Å². The molecule has 0 aliphatic rings. The molecule has 0 aliphatic carbocycles. The molecule has 0 saturated heterocycles. The largest absolute Gasteiger partial charge is 0.384 e. The molecule has 0 aromatic carbocycles. The van der Waals surface area contributed by atoms with Gasteiger partial charge in [0.25, 0.3) is 0 Å². The monoisotopic (exact) mass is 233 g/mol. The Balaban J connectivity index is 2.15. The number of aliphatic hydroxyl groups is 1. The predicted octanol–water partition coefficient (Wildman–Crippen LogP) is 0.640. The number of pyridine rings is 1. The molecule has 2 rings (SSSR count). The number of aliphatic hydroxyl groups excluding tert-OH is 1. The van der Waals surface area contributed by atoms with Crippen LogP contribution < -0.4 is 5.32 Å². The van der Waals surface area contributed by atoms with E-state index in [-0.39, 0.29) is 0 Å². The number of aromatic nitrogens is 2. The fourth-order valence-corrected chi connectivity index (χ4v) is 1.61. The van der Waals surface area contributed by atoms with Crippen LogP contribution in [-0.4, -0.2) is 26.5 Å². The average Bonchev–Trinajstić information content (AvgIpc) is 2.70. The predicted molar refractivity (Wildman–Crippen MR) is 63.5 cm³/mol. The van der Waals surface area contributed by atoms with E-state index in [4.69, 9.17) is 5.11 Å². The van der Waals surface area contributed by atoms with Crippen LogP contribution in [-0.2, 0) is 11.3 Å². The minimum Gasteiger partial charge on any atom is -0.384 e. The molecule has 2 heterocycles. The lowest BCUT2D eigenvalue weighted by Crippen LogP contribution is -2.32. The van der Waals surface area contributed by atoms with Gasteiger partial charge in [0.2, 0.25) is 5.91 Å². The van der Waals surface area contributed by atoms with Gasteiger partial charge in [0.15, 0.2) is 0 Å². The van der Waals surface area contributed by atoms with Gasteiger partial charge in [-0.05, 0) is 25.5 Å². The molecule has 0 aliphatic heterocycles. The van der Waals surface area contributed by atoms with Crippen LogP contribution in [0.25, 0.3) is 5.65 Å². The standard InChI is InChI=1S/C12H15N3O2/c1-8-4-3-5-15-7-10(14-11(8)15)6-13-12(17)9(2)16/h3-5,7,9,16H,6H2,1-2H3,(H,13,17). The summed E-state index contributed by atoms with van der Waals surface area (Å²) in [5.74, 6) is -0.390. The zero-order chi connectivity index (χ0) is 12.4. The number of fused-ring (bicyclic) bond motifs is 1. The number of imidazole rings is 1. The van der Waals surface area contributed by atoms with Crippen molar-refractivity contribution in [1.29, 1.82) is 0 Å². The van der Waals surface area contributed by atoms with E-state index < -0.39 is 12.0 Å². The molecule has 2 aromatic rings. The second-order valence-corrected chi connectivity index (χ2v) is 4.05. The van der Waals surface area contributed by atoms with Crippen LogP contribution in [0.3, 0.4) is 0 Å². The molecule has 0 bridgehead atoms. The molecular formula is C12H15N3O2. The Morgan fingerprint density at radius 3 is 3.06 bits per heavy atom. The summed E-state index contributed by atoms with van der Waals surface area (Å²) in [5, 5.41) is 11.7. The highest BCUT2D eigenvalue weighted by molar-refractivity contribution is 5.79. The third-order valence-electron chi connectivity index (χ3n) is 2.55. The summed E-state index contributed by atoms with van der Waals surface area (Å²) >= 11 is 0. The van der Waals surface area contributed by atoms with E-state index in [1.807, 2.05) is 35.9 Å². The number of carbonyl (C=O) groups is 1. The van der Waals surface area contributed by atoms with E-state index in [1.54, 1.807) is 0 Å². The number of hydrogen-bond donors (Lipinski definition) is 2. The second kappa shape index (κ2) is 4.55. The molecule has 90 valence electrons. The highest BCUT2D eigenvalue weighted by Crippen LogP contribution is 2.09. The maximum atomic E-state index is 11.2. The first-order valence-corrected chi connectivity index (χ1v) is 5.47. The summed E-state index contributed by atoms with van der Waals surface area (Å²) < 4.78 is 1.92. The van der Waals surface area contributed by atoms with Gasteiger partial charge in [-0.3, -0.25) is 4.79 Å². The average molecular weight is 233 g/mol. The smallest absolute Gasteiger partial charge is 0.248 e. The molecule has 1 amide bonds. The molecule has 0 spiro atoms. The first kappa shape index (κ1) is 11.6. The molecule has 1 atom stereocenters. The van der Waals surface area contributed by atoms with Gasteiger partial charge in [0, 0.05) is 12.4 Å². The summed E-state index contributed by atoms with van der Waals surface area (Å²) in [6.07, 6.45) is 2.79. The van der Waals surface area contributed by atoms with Gasteiger partial charge in [-0.2, -0.15) is 0 Å². The van der Waals surface area contributed by atoms with Crippen LogP contribution in [0.5, 0.6) is 0 Å². The number of amides is 1. The van der Waals surface area contributed by atoms with Crippen molar-refractivity contribution in [2.24, 2.45) is 0 Å². The Kier molecular flexibility index (Phi) is 3.10. The van der Waals surface area contributed by atoms with Gasteiger partial charge in [0.05, 0.1) is 12.2 Å². The molecule has 2 aromatic heterocycles. The Labute approximate surface area is 99.1 Å². The molecule has 0 saturated carbocycles. The fraction of sp³-hybridized carbons (Fsp3) is 0.333. The van der Waals surface area contributed by atoms with Crippen molar-refractivity contribution >= 4 is 11.6 Å². The molecule has 17 heavy (non-hydrogen) atoms. The van der Waals surface area contributed by atoms with Crippen molar-refractivity contribution in [3.63, 3.8) is 0 Å². The fourth-order valence-electron chi connectivity index (χ4n) is 1.61. The van der Waals surface area contributed by atoms with E-state index in [9.17, 15) is 4.79 Å². The number of nitrogens with zero attached hydrogens (tertiary/aromatic N) is 2. The lowest BCUT2D eigenvalue weighted by atomic mass is 10.3. The molecular weight excluding hydrogens is 218 g/mol. The molecule has 0 radical (unpaired) electrons. The van der Waals surface area contributed by atoms with Crippen LogP contribution in [0, 0.1) is 6.92 Å². The Morgan fingerprint density at radius 2 is 2.41 bits per heavy atom. The van der Waals surface area contributed by atoms with E-state index in [0.717, 1.165) is 16.9 Å². The van der Waals surface area contributed by atoms with Crippen molar-refractivity contribution in [1.82, 2.24) is 14.7 Å². The maximum Gasteiger partial charge on any atom is 0.248 e. The number of aryl methyl sites for hydroxylation is 1. The van der Waals surface area contributed by atoms with Gasteiger partial charge in [0.1, 0.15) is 11.8 Å². The molecule has 0 fully saturated rings. The van der Waals surface area contributed by atoms with Crippen molar-refractivity contribution in [3.8, 4) is 0 Å². The van der Waals surface area contributed by atoms with Crippen molar-refractivity contribution in [2.45, 2.75) is 26.5 Å². The van der Waals surface area contributed by atoms with Gasteiger partial charge >= 0.3 is 0 Å². The third-order valence-corrected chi connectivity index (χ3v) is 2.55. The topological polar surface area (TPSA) is 66.6 Å². The van der Waals surface area contributed by atoms with Crippen LogP contribution in [0.15, 0.2) is 24.5 Å². The number of carbonyl (C=O) groups excluding carboxylic acids is 1. The lowest BCUT2D eigenvalue weighted by Gasteiger charge is -2.04. The molecule has 5 nitrogen and oxygen atoms in total. The summed E-state index contributed by atoms with van der Waals surface area (Å²) in [5.41, 5.74) is 2.74. The Hall–Kier alpha value is -1.88. The highest BCUT2D eigenvalue weighted by Gasteiger charge is 2.09. The number of rotatable bonds is 3. The van der Waals surface area contributed by atoms with Crippen molar-refractivity contribution in [3.05, 3.63) is 35.8 Å². The van der Waals surface area contributed by atoms with Crippen LogP contribution >= 0.6 is 0 Å². The quantitative estimate of drug-likeness (QED) is 0.817. The highest BCUT2D eigenvalue weighted by atomic mass is 16.3. The SMILES string of the molecule is Cc1cccn2cc(CNC(=O)C(C)O)nc12. The zero-order valence-electron chi connectivity index (χ0n) is 9.84. The van der Waals surface area contributed by atoms with E-state index in [2.05, 4.69) is 10.3 Å². The van der Waals surface area contributed by atoms with Crippen molar-refractivity contribution in [2.75, 3.05) is 0 Å². The Bertz CT molecular complexity index is 546. The lowest BCUT2D eigenvalue weighted by molar-refractivity contribution is -0.128. The first-order valence-electron chi connectivity index (χ1n) is 5.47. The second-order valence-electron chi connectivity index (χ2n) is 4.05. The number of nitrogens with one attached hydrogen (secondary N) is 1. The van der Waals surface area contributed by atoms with Gasteiger partial charge < -0.3 is 14.8 Å². The summed E-state index contributed by atoms with van der Waals surface area (Å²) in [6.45, 7) is 3.74. The van der Waals surface area contributed by atoms with Gasteiger partial charge in [-0.1, -0.05) is 6.07 Å².